The molecule has 1 aromatic heterocycles. The van der Waals surface area contributed by atoms with Crippen LogP contribution >= 0.6 is 0 Å². The topological polar surface area (TPSA) is 51.5 Å². The van der Waals surface area contributed by atoms with Crippen molar-refractivity contribution < 1.29 is 13.9 Å². The minimum atomic E-state index is -0.428. The molecule has 3 atom stereocenters. The third-order valence-corrected chi connectivity index (χ3v) is 4.17. The summed E-state index contributed by atoms with van der Waals surface area (Å²) >= 11 is 0. The second-order valence-electron chi connectivity index (χ2n) is 5.49. The molecule has 0 bridgehead atoms. The van der Waals surface area contributed by atoms with Crippen LogP contribution in [0.5, 0.6) is 0 Å². The van der Waals surface area contributed by atoms with Crippen molar-refractivity contribution >= 4 is 5.97 Å². The van der Waals surface area contributed by atoms with E-state index in [0.717, 1.165) is 24.1 Å². The molecule has 4 heteroatoms. The highest BCUT2D eigenvalue weighted by Crippen LogP contribution is 2.31. The number of carbonyl (C=O) groups excluding carboxylic acids is 1. The zero-order valence-electron chi connectivity index (χ0n) is 11.9. The second kappa shape index (κ2) is 6.24. The summed E-state index contributed by atoms with van der Waals surface area (Å²) in [6, 6.07) is 3.62. The normalized spacial score (nSPS) is 24.4. The number of furan rings is 1. The van der Waals surface area contributed by atoms with Crippen LogP contribution in [0.2, 0.25) is 0 Å². The molecule has 2 rings (SSSR count). The van der Waals surface area contributed by atoms with E-state index >= 15 is 0 Å². The lowest BCUT2D eigenvalue weighted by atomic mass is 9.98. The summed E-state index contributed by atoms with van der Waals surface area (Å²) < 4.78 is 10.1. The van der Waals surface area contributed by atoms with Crippen LogP contribution in [-0.2, 0) is 4.74 Å². The second-order valence-corrected chi connectivity index (χ2v) is 5.49. The van der Waals surface area contributed by atoms with Crippen molar-refractivity contribution in [2.45, 2.75) is 39.2 Å². The molecule has 0 spiro atoms. The molecule has 1 N–H and O–H groups in total. The summed E-state index contributed by atoms with van der Waals surface area (Å²) in [5, 5.41) is 3.50. The van der Waals surface area contributed by atoms with E-state index in [1.54, 1.807) is 6.07 Å². The van der Waals surface area contributed by atoms with Gasteiger partial charge in [0.1, 0.15) is 5.76 Å². The summed E-state index contributed by atoms with van der Waals surface area (Å²) in [4.78, 5) is 11.3. The molecule has 1 aliphatic carbocycles. The van der Waals surface area contributed by atoms with E-state index in [0.29, 0.717) is 0 Å². The molecule has 4 nitrogen and oxygen atoms in total. The predicted octanol–water partition coefficient (Wildman–Crippen LogP) is 3.15. The van der Waals surface area contributed by atoms with Gasteiger partial charge in [-0.25, -0.2) is 4.79 Å². The number of nitrogens with one attached hydrogen (secondary N) is 1. The quantitative estimate of drug-likeness (QED) is 0.831. The van der Waals surface area contributed by atoms with E-state index in [9.17, 15) is 4.79 Å². The van der Waals surface area contributed by atoms with Gasteiger partial charge in [-0.3, -0.25) is 0 Å². The van der Waals surface area contributed by atoms with Crippen LogP contribution in [0.1, 0.15) is 55.5 Å². The van der Waals surface area contributed by atoms with Gasteiger partial charge >= 0.3 is 5.97 Å². The molecular formula is C15H23NO3. The molecule has 106 valence electrons. The fourth-order valence-corrected chi connectivity index (χ4v) is 2.75. The van der Waals surface area contributed by atoms with Crippen LogP contribution in [-0.4, -0.2) is 19.6 Å². The number of rotatable bonds is 5. The predicted molar refractivity (Wildman–Crippen MR) is 73.0 cm³/mol. The van der Waals surface area contributed by atoms with Gasteiger partial charge in [0.05, 0.1) is 13.2 Å². The Kier molecular flexibility index (Phi) is 4.64. The zero-order chi connectivity index (χ0) is 13.8. The van der Waals surface area contributed by atoms with Gasteiger partial charge in [-0.15, -0.1) is 0 Å². The molecule has 3 unspecified atom stereocenters. The van der Waals surface area contributed by atoms with Gasteiger partial charge < -0.3 is 14.5 Å². The first-order valence-electron chi connectivity index (χ1n) is 7.03. The smallest absolute Gasteiger partial charge is 0.373 e. The van der Waals surface area contributed by atoms with Crippen LogP contribution < -0.4 is 5.32 Å². The highest BCUT2D eigenvalue weighted by Gasteiger charge is 2.24. The van der Waals surface area contributed by atoms with Crippen molar-refractivity contribution in [3.05, 3.63) is 23.7 Å². The minimum absolute atomic E-state index is 0.117. The summed E-state index contributed by atoms with van der Waals surface area (Å²) in [7, 11) is 1.35. The number of carbonyl (C=O) groups is 1. The van der Waals surface area contributed by atoms with E-state index in [2.05, 4.69) is 23.9 Å². The zero-order valence-corrected chi connectivity index (χ0v) is 11.9. The number of esters is 1. The standard InChI is InChI=1S/C15H23NO3/c1-10-5-4-6-12(10)9-16-11(2)13-7-8-14(19-13)15(17)18-3/h7-8,10-12,16H,4-6,9H2,1-3H3. The van der Waals surface area contributed by atoms with E-state index in [1.165, 1.54) is 26.4 Å². The summed E-state index contributed by atoms with van der Waals surface area (Å²) in [5.41, 5.74) is 0. The average Bonchev–Trinajstić information content (AvgIpc) is 3.04. The molecule has 0 aromatic carbocycles. The average molecular weight is 265 g/mol. The molecular weight excluding hydrogens is 242 g/mol. The van der Waals surface area contributed by atoms with Crippen molar-refractivity contribution in [1.82, 2.24) is 5.32 Å². The van der Waals surface area contributed by atoms with Crippen LogP contribution in [0.15, 0.2) is 16.5 Å². The van der Waals surface area contributed by atoms with Gasteiger partial charge in [-0.05, 0) is 43.9 Å². The Morgan fingerprint density at radius 1 is 1.53 bits per heavy atom. The highest BCUT2D eigenvalue weighted by molar-refractivity contribution is 5.86. The van der Waals surface area contributed by atoms with Crippen LogP contribution in [0, 0.1) is 11.8 Å². The summed E-state index contributed by atoms with van der Waals surface area (Å²) in [5.74, 6) is 2.19. The molecule has 1 fully saturated rings. The molecule has 1 aliphatic rings. The largest absolute Gasteiger partial charge is 0.463 e. The highest BCUT2D eigenvalue weighted by atomic mass is 16.5. The van der Waals surface area contributed by atoms with Crippen molar-refractivity contribution in [3.63, 3.8) is 0 Å². The van der Waals surface area contributed by atoms with Gasteiger partial charge in [0, 0.05) is 0 Å². The van der Waals surface area contributed by atoms with Crippen molar-refractivity contribution in [2.24, 2.45) is 11.8 Å². The molecule has 0 saturated heterocycles. The lowest BCUT2D eigenvalue weighted by molar-refractivity contribution is 0.0562. The lowest BCUT2D eigenvalue weighted by Gasteiger charge is -2.18. The molecule has 1 saturated carbocycles. The van der Waals surface area contributed by atoms with Gasteiger partial charge in [-0.2, -0.15) is 0 Å². The van der Waals surface area contributed by atoms with E-state index in [-0.39, 0.29) is 11.8 Å². The first kappa shape index (κ1) is 14.1. The van der Waals surface area contributed by atoms with Crippen molar-refractivity contribution in [3.8, 4) is 0 Å². The van der Waals surface area contributed by atoms with Gasteiger partial charge in [0.15, 0.2) is 0 Å². The SMILES string of the molecule is COC(=O)c1ccc(C(C)NCC2CCCC2C)o1. The molecule has 1 aromatic rings. The van der Waals surface area contributed by atoms with Gasteiger partial charge in [-0.1, -0.05) is 19.8 Å². The molecule has 19 heavy (non-hydrogen) atoms. The van der Waals surface area contributed by atoms with Crippen LogP contribution in [0.25, 0.3) is 0 Å². The fraction of sp³-hybridized carbons (Fsp3) is 0.667. The molecule has 1 heterocycles. The number of methoxy groups -OCH3 is 1. The van der Waals surface area contributed by atoms with Gasteiger partial charge in [0.25, 0.3) is 0 Å². The third kappa shape index (κ3) is 3.38. The fourth-order valence-electron chi connectivity index (χ4n) is 2.75. The maximum atomic E-state index is 11.3. The van der Waals surface area contributed by atoms with E-state index < -0.39 is 5.97 Å². The monoisotopic (exact) mass is 265 g/mol. The Morgan fingerprint density at radius 3 is 2.95 bits per heavy atom. The van der Waals surface area contributed by atoms with Gasteiger partial charge in [0.2, 0.25) is 5.76 Å². The lowest BCUT2D eigenvalue weighted by Crippen LogP contribution is -2.26. The van der Waals surface area contributed by atoms with Crippen LogP contribution in [0.4, 0.5) is 0 Å². The Bertz CT molecular complexity index is 427. The first-order chi connectivity index (χ1) is 9.11. The molecule has 0 aliphatic heterocycles. The molecule has 0 amide bonds. The van der Waals surface area contributed by atoms with Crippen LogP contribution in [0.3, 0.4) is 0 Å². The summed E-state index contributed by atoms with van der Waals surface area (Å²) in [6.07, 6.45) is 4.00. The van der Waals surface area contributed by atoms with Crippen molar-refractivity contribution in [2.75, 3.05) is 13.7 Å². The number of hydrogen-bond donors (Lipinski definition) is 1. The Labute approximate surface area is 114 Å². The Hall–Kier alpha value is -1.29. The third-order valence-electron chi connectivity index (χ3n) is 4.17. The minimum Gasteiger partial charge on any atom is -0.463 e. The maximum Gasteiger partial charge on any atom is 0.373 e. The van der Waals surface area contributed by atoms with Crippen molar-refractivity contribution in [1.29, 1.82) is 0 Å². The maximum absolute atomic E-state index is 11.3. The number of ether oxygens (including phenoxy) is 1. The van der Waals surface area contributed by atoms with E-state index in [1.807, 2.05) is 6.07 Å². The Balaban J connectivity index is 1.87. The molecule has 0 radical (unpaired) electrons. The van der Waals surface area contributed by atoms with E-state index in [4.69, 9.17) is 4.42 Å². The first-order valence-corrected chi connectivity index (χ1v) is 7.03. The summed E-state index contributed by atoms with van der Waals surface area (Å²) in [6.45, 7) is 5.39. The Morgan fingerprint density at radius 2 is 2.32 bits per heavy atom. The number of hydrogen-bond acceptors (Lipinski definition) is 4.